The first-order valence-corrected chi connectivity index (χ1v) is 15.3. The summed E-state index contributed by atoms with van der Waals surface area (Å²) >= 11 is 0. The maximum atomic E-state index is 13.7. The fourth-order valence-electron chi connectivity index (χ4n) is 6.78. The number of aliphatic hydroxyl groups excluding tert-OH is 1. The maximum Gasteiger partial charge on any atom is 0.337 e. The molecule has 0 aromatic heterocycles. The molecule has 3 fully saturated rings. The molecule has 2 amide bonds. The predicted molar refractivity (Wildman–Crippen MR) is 158 cm³/mol. The molecular weight excluding hydrogens is 534 g/mol. The van der Waals surface area contributed by atoms with Crippen LogP contribution in [0.3, 0.4) is 0 Å². The van der Waals surface area contributed by atoms with Crippen LogP contribution in [0, 0.1) is 5.92 Å². The van der Waals surface area contributed by atoms with E-state index < -0.39 is 17.7 Å². The van der Waals surface area contributed by atoms with Crippen LogP contribution in [0.25, 0.3) is 0 Å². The van der Waals surface area contributed by atoms with E-state index in [1.54, 1.807) is 29.2 Å². The molecule has 2 atom stereocenters. The van der Waals surface area contributed by atoms with E-state index >= 15 is 0 Å². The van der Waals surface area contributed by atoms with Crippen LogP contribution < -0.4 is 10.1 Å². The Labute approximate surface area is 248 Å². The number of likely N-dealkylation sites (tertiary alicyclic amines) is 1. The van der Waals surface area contributed by atoms with Crippen LogP contribution in [0.4, 0.5) is 0 Å². The molecule has 2 N–H and O–H groups in total. The van der Waals surface area contributed by atoms with Gasteiger partial charge in [-0.15, -0.1) is 0 Å². The zero-order valence-corrected chi connectivity index (χ0v) is 24.7. The second-order valence-corrected chi connectivity index (χ2v) is 11.9. The van der Waals surface area contributed by atoms with Crippen molar-refractivity contribution in [3.63, 3.8) is 0 Å². The first kappa shape index (κ1) is 30.0. The van der Waals surface area contributed by atoms with Crippen molar-refractivity contribution in [2.24, 2.45) is 5.92 Å². The van der Waals surface area contributed by atoms with E-state index in [2.05, 4.69) is 10.2 Å². The van der Waals surface area contributed by atoms with E-state index in [0.717, 1.165) is 44.2 Å². The fraction of sp³-hybridized carbons (Fsp3) is 0.545. The third kappa shape index (κ3) is 6.32. The van der Waals surface area contributed by atoms with E-state index in [1.807, 2.05) is 31.2 Å². The number of ether oxygens (including phenoxy) is 2. The zero-order valence-electron chi connectivity index (χ0n) is 24.7. The van der Waals surface area contributed by atoms with Gasteiger partial charge in [-0.05, 0) is 80.0 Å². The number of carbonyl (C=O) groups is 3. The van der Waals surface area contributed by atoms with E-state index in [-0.39, 0.29) is 23.7 Å². The van der Waals surface area contributed by atoms with Crippen LogP contribution in [0.2, 0.25) is 0 Å². The summed E-state index contributed by atoms with van der Waals surface area (Å²) in [6.07, 6.45) is 6.19. The van der Waals surface area contributed by atoms with E-state index in [1.165, 1.54) is 13.5 Å². The van der Waals surface area contributed by atoms with Gasteiger partial charge in [0.05, 0.1) is 18.8 Å². The molecular formula is C33H43N3O6. The Morgan fingerprint density at radius 3 is 2.21 bits per heavy atom. The molecule has 2 aromatic rings. The van der Waals surface area contributed by atoms with Gasteiger partial charge in [-0.25, -0.2) is 4.79 Å². The van der Waals surface area contributed by atoms with E-state index in [4.69, 9.17) is 9.47 Å². The van der Waals surface area contributed by atoms with Gasteiger partial charge in [-0.3, -0.25) is 14.5 Å². The van der Waals surface area contributed by atoms with Gasteiger partial charge in [0, 0.05) is 26.2 Å². The van der Waals surface area contributed by atoms with Gasteiger partial charge >= 0.3 is 5.97 Å². The van der Waals surface area contributed by atoms with Crippen molar-refractivity contribution in [1.82, 2.24) is 15.1 Å². The molecule has 3 aliphatic rings. The predicted octanol–water partition coefficient (Wildman–Crippen LogP) is 4.28. The van der Waals surface area contributed by atoms with Crippen molar-refractivity contribution >= 4 is 17.8 Å². The molecule has 2 saturated heterocycles. The first-order chi connectivity index (χ1) is 20.3. The van der Waals surface area contributed by atoms with Gasteiger partial charge in [0.25, 0.3) is 0 Å². The molecule has 5 rings (SSSR count). The van der Waals surface area contributed by atoms with Crippen molar-refractivity contribution < 1.29 is 29.0 Å². The molecule has 2 heterocycles. The number of benzene rings is 2. The summed E-state index contributed by atoms with van der Waals surface area (Å²) in [6, 6.07) is 13.8. The molecule has 42 heavy (non-hydrogen) atoms. The lowest BCUT2D eigenvalue weighted by Gasteiger charge is -2.52. The third-order valence-corrected chi connectivity index (χ3v) is 9.20. The number of carbonyl (C=O) groups excluding carboxylic acids is 3. The van der Waals surface area contributed by atoms with Gasteiger partial charge < -0.3 is 24.8 Å². The number of hydrogen-bond acceptors (Lipinski definition) is 7. The Morgan fingerprint density at radius 1 is 1.00 bits per heavy atom. The van der Waals surface area contributed by atoms with Gasteiger partial charge in [-0.1, -0.05) is 38.3 Å². The van der Waals surface area contributed by atoms with Crippen LogP contribution in [0.1, 0.15) is 74.2 Å². The summed E-state index contributed by atoms with van der Waals surface area (Å²) in [5.74, 6) is 0.758. The summed E-state index contributed by atoms with van der Waals surface area (Å²) in [4.78, 5) is 43.1. The summed E-state index contributed by atoms with van der Waals surface area (Å²) in [6.45, 7) is 4.67. The maximum absolute atomic E-state index is 13.7. The normalized spacial score (nSPS) is 22.1. The lowest BCUT2D eigenvalue weighted by Crippen LogP contribution is -2.75. The molecule has 9 nitrogen and oxygen atoms in total. The van der Waals surface area contributed by atoms with Crippen molar-refractivity contribution in [2.45, 2.75) is 82.5 Å². The molecule has 0 radical (unpaired) electrons. The van der Waals surface area contributed by atoms with E-state index in [9.17, 15) is 19.5 Å². The molecule has 2 aliphatic heterocycles. The number of piperazine rings is 1. The number of nitrogens with one attached hydrogen (secondary N) is 1. The summed E-state index contributed by atoms with van der Waals surface area (Å²) < 4.78 is 10.7. The highest BCUT2D eigenvalue weighted by molar-refractivity contribution is 6.00. The minimum Gasteiger partial charge on any atom is -0.465 e. The van der Waals surface area contributed by atoms with E-state index in [0.29, 0.717) is 49.5 Å². The van der Waals surface area contributed by atoms with Crippen molar-refractivity contribution in [2.75, 3.05) is 26.7 Å². The second kappa shape index (κ2) is 13.3. The third-order valence-electron chi connectivity index (χ3n) is 9.20. The minimum atomic E-state index is -0.854. The van der Waals surface area contributed by atoms with Gasteiger partial charge in [0.15, 0.2) is 0 Å². The number of amides is 2. The fourth-order valence-corrected chi connectivity index (χ4v) is 6.78. The average molecular weight is 578 g/mol. The number of esters is 1. The number of aliphatic hydroxyl groups is 1. The number of hydrogen-bond donors (Lipinski definition) is 2. The van der Waals surface area contributed by atoms with Crippen LogP contribution in [0.15, 0.2) is 48.5 Å². The molecule has 9 heteroatoms. The summed E-state index contributed by atoms with van der Waals surface area (Å²) in [7, 11) is 1.35. The zero-order chi connectivity index (χ0) is 29.7. The Morgan fingerprint density at radius 2 is 1.62 bits per heavy atom. The molecule has 1 saturated carbocycles. The number of piperidine rings is 1. The Bertz CT molecular complexity index is 1230. The largest absolute Gasteiger partial charge is 0.465 e. The quantitative estimate of drug-likeness (QED) is 0.429. The monoisotopic (exact) mass is 577 g/mol. The van der Waals surface area contributed by atoms with Gasteiger partial charge in [0.2, 0.25) is 11.8 Å². The Kier molecular flexibility index (Phi) is 9.48. The minimum absolute atomic E-state index is 0.0660. The lowest BCUT2D eigenvalue weighted by molar-refractivity contribution is -0.165. The average Bonchev–Trinajstić information content (AvgIpc) is 3.03. The van der Waals surface area contributed by atoms with Gasteiger partial charge in [0.1, 0.15) is 23.1 Å². The van der Waals surface area contributed by atoms with Crippen molar-refractivity contribution in [1.29, 1.82) is 0 Å². The highest BCUT2D eigenvalue weighted by Gasteiger charge is 2.55. The smallest absolute Gasteiger partial charge is 0.337 e. The topological polar surface area (TPSA) is 108 Å². The summed E-state index contributed by atoms with van der Waals surface area (Å²) in [5, 5.41) is 14.1. The Balaban J connectivity index is 1.18. The number of methoxy groups -OCH3 is 1. The summed E-state index contributed by atoms with van der Waals surface area (Å²) in [5.41, 5.74) is 0.742. The van der Waals surface area contributed by atoms with Crippen molar-refractivity contribution in [3.8, 4) is 11.5 Å². The molecule has 0 unspecified atom stereocenters. The highest BCUT2D eigenvalue weighted by Crippen LogP contribution is 2.36. The van der Waals surface area contributed by atoms with Crippen LogP contribution in [-0.4, -0.2) is 77.1 Å². The molecule has 226 valence electrons. The van der Waals surface area contributed by atoms with Crippen LogP contribution in [0.5, 0.6) is 11.5 Å². The number of rotatable bonds is 9. The molecule has 2 aromatic carbocycles. The second-order valence-electron chi connectivity index (χ2n) is 11.9. The van der Waals surface area contributed by atoms with Crippen LogP contribution in [-0.2, 0) is 20.9 Å². The standard InChI is InChI=1S/C33H43N3O6/c1-3-19-36-30(38)28(29(37)24-7-5-4-6-8-24)34-32(40)33(36)17-20-35(21-18-33)22-23-9-13-26(14-10-23)42-27-15-11-25(12-16-27)31(39)41-2/h9-16,24,28-29,37H,3-8,17-22H2,1-2H3,(H,34,40)/t28-,29-/m1/s1. The van der Waals surface area contributed by atoms with Crippen molar-refractivity contribution in [3.05, 3.63) is 59.7 Å². The molecule has 1 spiro atoms. The lowest BCUT2D eigenvalue weighted by atomic mass is 9.78. The first-order valence-electron chi connectivity index (χ1n) is 15.3. The SMILES string of the molecule is CCCN1C(=O)[C@@H]([C@H](O)C2CCCCC2)NC(=O)C12CCN(Cc1ccc(Oc3ccc(C(=O)OC)cc3)cc1)CC2. The highest BCUT2D eigenvalue weighted by atomic mass is 16.5. The molecule has 1 aliphatic carbocycles. The Hall–Kier alpha value is -3.43. The number of nitrogens with zero attached hydrogens (tertiary/aromatic N) is 2. The van der Waals surface area contributed by atoms with Crippen LogP contribution >= 0.6 is 0 Å². The molecule has 0 bridgehead atoms. The van der Waals surface area contributed by atoms with Gasteiger partial charge in [-0.2, -0.15) is 0 Å².